The highest BCUT2D eigenvalue weighted by Crippen LogP contribution is 2.23. The van der Waals surface area contributed by atoms with Crippen LogP contribution in [0, 0.1) is 0 Å². The van der Waals surface area contributed by atoms with Gasteiger partial charge in [0.25, 0.3) is 5.91 Å². The van der Waals surface area contributed by atoms with E-state index in [-0.39, 0.29) is 5.91 Å². The average Bonchev–Trinajstić information content (AvgIpc) is 3.34. The van der Waals surface area contributed by atoms with Gasteiger partial charge >= 0.3 is 0 Å². The van der Waals surface area contributed by atoms with Crippen LogP contribution < -0.4 is 10.0 Å². The van der Waals surface area contributed by atoms with E-state index >= 15 is 0 Å². The molecule has 0 aliphatic rings. The van der Waals surface area contributed by atoms with Gasteiger partial charge in [0.2, 0.25) is 10.0 Å². The van der Waals surface area contributed by atoms with E-state index in [1.807, 2.05) is 54.6 Å². The summed E-state index contributed by atoms with van der Waals surface area (Å²) >= 11 is 1.35. The number of para-hydroxylation sites is 2. The molecule has 3 N–H and O–H groups in total. The largest absolute Gasteiger partial charge is 0.338 e. The first-order valence-electron chi connectivity index (χ1n) is 9.27. The van der Waals surface area contributed by atoms with Crippen LogP contribution in [0.4, 0.5) is 5.69 Å². The third-order valence-electron chi connectivity index (χ3n) is 4.43. The monoisotopic (exact) mass is 440 g/mol. The van der Waals surface area contributed by atoms with Gasteiger partial charge in [-0.3, -0.25) is 4.79 Å². The van der Waals surface area contributed by atoms with Gasteiger partial charge in [-0.2, -0.15) is 0 Å². The molecule has 0 aliphatic carbocycles. The zero-order chi connectivity index (χ0) is 21.1. The van der Waals surface area contributed by atoms with Crippen molar-refractivity contribution >= 4 is 44.0 Å². The number of rotatable bonds is 7. The summed E-state index contributed by atoms with van der Waals surface area (Å²) in [4.78, 5) is 21.9. The highest BCUT2D eigenvalue weighted by Gasteiger charge is 2.11. The smallest absolute Gasteiger partial charge is 0.265 e. The summed E-state index contributed by atoms with van der Waals surface area (Å²) < 4.78 is 24.7. The molecule has 2 aromatic heterocycles. The van der Waals surface area contributed by atoms with E-state index in [9.17, 15) is 13.2 Å². The fourth-order valence-electron chi connectivity index (χ4n) is 2.99. The van der Waals surface area contributed by atoms with Crippen LogP contribution in [0.15, 0.2) is 60.7 Å². The summed E-state index contributed by atoms with van der Waals surface area (Å²) in [6, 6.07) is 18.9. The normalized spacial score (nSPS) is 11.6. The van der Waals surface area contributed by atoms with E-state index < -0.39 is 10.0 Å². The van der Waals surface area contributed by atoms with Crippen molar-refractivity contribution in [2.24, 2.45) is 0 Å². The standard InChI is InChI=1S/C21H20N4O3S2/c1-30(27,28)22-13-12-16-10-11-19(29-16)21(26)23-15-8-6-14(7-9-15)20-24-17-4-2-3-5-18(17)25-20/h2-11,22H,12-13H2,1H3,(H,23,26)(H,24,25). The summed E-state index contributed by atoms with van der Waals surface area (Å²) in [5.74, 6) is 0.582. The third kappa shape index (κ3) is 4.93. The highest BCUT2D eigenvalue weighted by atomic mass is 32.2. The number of aromatic nitrogens is 2. The van der Waals surface area contributed by atoms with Crippen molar-refractivity contribution in [3.63, 3.8) is 0 Å². The van der Waals surface area contributed by atoms with Crippen molar-refractivity contribution in [2.75, 3.05) is 18.1 Å². The van der Waals surface area contributed by atoms with Crippen molar-refractivity contribution in [2.45, 2.75) is 6.42 Å². The summed E-state index contributed by atoms with van der Waals surface area (Å²) in [6.45, 7) is 0.309. The minimum Gasteiger partial charge on any atom is -0.338 e. The van der Waals surface area contributed by atoms with Gasteiger partial charge in [-0.1, -0.05) is 12.1 Å². The summed E-state index contributed by atoms with van der Waals surface area (Å²) in [7, 11) is -3.21. The van der Waals surface area contributed by atoms with Gasteiger partial charge in [0.1, 0.15) is 5.82 Å². The maximum Gasteiger partial charge on any atom is 0.265 e. The molecule has 0 bridgehead atoms. The quantitative estimate of drug-likeness (QED) is 0.408. The van der Waals surface area contributed by atoms with E-state index in [0.29, 0.717) is 23.5 Å². The molecule has 0 aliphatic heterocycles. The first-order chi connectivity index (χ1) is 14.4. The van der Waals surface area contributed by atoms with Crippen LogP contribution in [0.1, 0.15) is 14.5 Å². The molecule has 2 heterocycles. The van der Waals surface area contributed by atoms with Crippen molar-refractivity contribution in [1.82, 2.24) is 14.7 Å². The van der Waals surface area contributed by atoms with Crippen LogP contribution in [0.25, 0.3) is 22.4 Å². The number of nitrogens with zero attached hydrogens (tertiary/aromatic N) is 1. The lowest BCUT2D eigenvalue weighted by Gasteiger charge is -2.04. The molecule has 0 saturated heterocycles. The van der Waals surface area contributed by atoms with Crippen LogP contribution >= 0.6 is 11.3 Å². The molecule has 4 rings (SSSR count). The molecule has 154 valence electrons. The molecule has 30 heavy (non-hydrogen) atoms. The number of fused-ring (bicyclic) bond motifs is 1. The molecule has 0 atom stereocenters. The molecule has 4 aromatic rings. The van der Waals surface area contributed by atoms with Gasteiger partial charge in [0, 0.05) is 22.7 Å². The molecule has 0 unspecified atom stereocenters. The average molecular weight is 441 g/mol. The van der Waals surface area contributed by atoms with E-state index in [0.717, 1.165) is 33.6 Å². The Balaban J connectivity index is 1.39. The number of benzene rings is 2. The Morgan fingerprint density at radius 2 is 1.83 bits per heavy atom. The lowest BCUT2D eigenvalue weighted by Crippen LogP contribution is -2.24. The number of sulfonamides is 1. The zero-order valence-corrected chi connectivity index (χ0v) is 17.8. The molecule has 2 aromatic carbocycles. The second-order valence-electron chi connectivity index (χ2n) is 6.82. The van der Waals surface area contributed by atoms with Crippen molar-refractivity contribution in [1.29, 1.82) is 0 Å². The topological polar surface area (TPSA) is 104 Å². The molecule has 0 saturated carbocycles. The Morgan fingerprint density at radius 1 is 1.07 bits per heavy atom. The number of aromatic amines is 1. The number of hydrogen-bond acceptors (Lipinski definition) is 5. The second kappa shape index (κ2) is 8.39. The highest BCUT2D eigenvalue weighted by molar-refractivity contribution is 7.88. The van der Waals surface area contributed by atoms with Gasteiger partial charge in [-0.25, -0.2) is 18.1 Å². The number of carbonyl (C=O) groups excluding carboxylic acids is 1. The van der Waals surface area contributed by atoms with Gasteiger partial charge in [-0.05, 0) is 55.0 Å². The Labute approximate surface area is 178 Å². The van der Waals surface area contributed by atoms with Gasteiger partial charge in [-0.15, -0.1) is 11.3 Å². The number of carbonyl (C=O) groups is 1. The van der Waals surface area contributed by atoms with Crippen LogP contribution in [0.2, 0.25) is 0 Å². The summed E-state index contributed by atoms with van der Waals surface area (Å²) in [5, 5.41) is 2.89. The Kier molecular flexibility index (Phi) is 5.67. The molecule has 9 heteroatoms. The lowest BCUT2D eigenvalue weighted by atomic mass is 10.2. The Morgan fingerprint density at radius 3 is 2.57 bits per heavy atom. The van der Waals surface area contributed by atoms with E-state index in [1.165, 1.54) is 11.3 Å². The molecule has 0 fully saturated rings. The first kappa shape index (κ1) is 20.3. The Hall–Kier alpha value is -3.01. The minimum atomic E-state index is -3.21. The lowest BCUT2D eigenvalue weighted by molar-refractivity contribution is 0.103. The molecule has 1 amide bonds. The summed E-state index contributed by atoms with van der Waals surface area (Å²) in [6.07, 6.45) is 1.66. The van der Waals surface area contributed by atoms with Crippen molar-refractivity contribution in [3.05, 3.63) is 70.4 Å². The number of amides is 1. The maximum atomic E-state index is 12.5. The fraction of sp³-hybridized carbons (Fsp3) is 0.143. The second-order valence-corrected chi connectivity index (χ2v) is 9.82. The van der Waals surface area contributed by atoms with Crippen LogP contribution in [0.5, 0.6) is 0 Å². The number of H-pyrrole nitrogens is 1. The molecular weight excluding hydrogens is 420 g/mol. The molecular formula is C21H20N4O3S2. The molecule has 0 spiro atoms. The third-order valence-corrected chi connectivity index (χ3v) is 6.30. The minimum absolute atomic E-state index is 0.196. The van der Waals surface area contributed by atoms with Gasteiger partial charge < -0.3 is 10.3 Å². The van der Waals surface area contributed by atoms with Crippen LogP contribution in [-0.2, 0) is 16.4 Å². The predicted octanol–water partition coefficient (Wildman–Crippen LogP) is 3.64. The number of thiophene rings is 1. The maximum absolute atomic E-state index is 12.5. The van der Waals surface area contributed by atoms with E-state index in [2.05, 4.69) is 20.0 Å². The van der Waals surface area contributed by atoms with Gasteiger partial charge in [0.05, 0.1) is 22.2 Å². The number of imidazole rings is 1. The summed E-state index contributed by atoms with van der Waals surface area (Å²) in [5.41, 5.74) is 3.50. The zero-order valence-electron chi connectivity index (χ0n) is 16.2. The number of hydrogen-bond donors (Lipinski definition) is 3. The predicted molar refractivity (Wildman–Crippen MR) is 120 cm³/mol. The Bertz CT molecular complexity index is 1260. The molecule has 0 radical (unpaired) electrons. The van der Waals surface area contributed by atoms with Crippen molar-refractivity contribution in [3.8, 4) is 11.4 Å². The number of nitrogens with one attached hydrogen (secondary N) is 3. The SMILES string of the molecule is CS(=O)(=O)NCCc1ccc(C(=O)Nc2ccc(-c3nc4ccccc4[nH]3)cc2)s1. The molecule has 7 nitrogen and oxygen atoms in total. The van der Waals surface area contributed by atoms with Crippen LogP contribution in [-0.4, -0.2) is 37.1 Å². The van der Waals surface area contributed by atoms with E-state index in [1.54, 1.807) is 6.07 Å². The number of anilines is 1. The van der Waals surface area contributed by atoms with Crippen LogP contribution in [0.3, 0.4) is 0 Å². The fourth-order valence-corrected chi connectivity index (χ4v) is 4.36. The van der Waals surface area contributed by atoms with E-state index in [4.69, 9.17) is 0 Å². The van der Waals surface area contributed by atoms with Gasteiger partial charge in [0.15, 0.2) is 0 Å². The van der Waals surface area contributed by atoms with Crippen molar-refractivity contribution < 1.29 is 13.2 Å². The first-order valence-corrected chi connectivity index (χ1v) is 12.0.